The number of H-pyrrole nitrogens is 1. The van der Waals surface area contributed by atoms with E-state index in [-0.39, 0.29) is 30.0 Å². The molecule has 0 saturated carbocycles. The SMILES string of the molecule is CN(C(=O)[C@@H]1CO1)[C@H]1c2ccccc2C[C@H]1NC(=O)c1cc2cc(Cl)ccc2[nH]1. The zero-order valence-corrected chi connectivity index (χ0v) is 16.6. The molecule has 2 N–H and O–H groups in total. The molecule has 1 aromatic heterocycles. The summed E-state index contributed by atoms with van der Waals surface area (Å²) in [5, 5.41) is 4.63. The number of nitrogens with zero attached hydrogens (tertiary/aromatic N) is 1. The number of carbonyl (C=O) groups excluding carboxylic acids is 2. The van der Waals surface area contributed by atoms with Gasteiger partial charge >= 0.3 is 0 Å². The lowest BCUT2D eigenvalue weighted by molar-refractivity contribution is -0.133. The molecule has 0 bridgehead atoms. The van der Waals surface area contributed by atoms with E-state index < -0.39 is 0 Å². The van der Waals surface area contributed by atoms with E-state index in [0.717, 1.165) is 22.0 Å². The topological polar surface area (TPSA) is 77.7 Å². The molecule has 2 amide bonds. The average Bonchev–Trinajstić information content (AvgIpc) is 3.37. The normalized spacial score (nSPS) is 22.3. The fourth-order valence-electron chi connectivity index (χ4n) is 4.21. The monoisotopic (exact) mass is 409 g/mol. The minimum atomic E-state index is -0.359. The zero-order chi connectivity index (χ0) is 20.1. The summed E-state index contributed by atoms with van der Waals surface area (Å²) >= 11 is 6.05. The number of fused-ring (bicyclic) bond motifs is 2. The van der Waals surface area contributed by atoms with Crippen molar-refractivity contribution < 1.29 is 14.3 Å². The first kappa shape index (κ1) is 18.2. The number of amides is 2. The van der Waals surface area contributed by atoms with Gasteiger partial charge < -0.3 is 19.9 Å². The third kappa shape index (κ3) is 3.28. The molecule has 1 aliphatic heterocycles. The molecular weight excluding hydrogens is 390 g/mol. The highest BCUT2D eigenvalue weighted by atomic mass is 35.5. The maximum atomic E-state index is 13.0. The highest BCUT2D eigenvalue weighted by Crippen LogP contribution is 2.36. The van der Waals surface area contributed by atoms with E-state index in [0.29, 0.717) is 23.7 Å². The maximum absolute atomic E-state index is 13.0. The van der Waals surface area contributed by atoms with Crippen molar-refractivity contribution in [3.8, 4) is 0 Å². The van der Waals surface area contributed by atoms with E-state index in [1.54, 1.807) is 24.1 Å². The number of halogens is 1. The van der Waals surface area contributed by atoms with Crippen LogP contribution >= 0.6 is 11.6 Å². The van der Waals surface area contributed by atoms with Crippen molar-refractivity contribution in [3.63, 3.8) is 0 Å². The van der Waals surface area contributed by atoms with Gasteiger partial charge in [-0.2, -0.15) is 0 Å². The molecule has 0 spiro atoms. The number of nitrogens with one attached hydrogen (secondary N) is 2. The van der Waals surface area contributed by atoms with Crippen LogP contribution in [0.5, 0.6) is 0 Å². The summed E-state index contributed by atoms with van der Waals surface area (Å²) in [6.07, 6.45) is 0.310. The van der Waals surface area contributed by atoms with Gasteiger partial charge in [0.25, 0.3) is 11.8 Å². The van der Waals surface area contributed by atoms with E-state index in [4.69, 9.17) is 16.3 Å². The highest BCUT2D eigenvalue weighted by Gasteiger charge is 2.42. The summed E-state index contributed by atoms with van der Waals surface area (Å²) in [4.78, 5) is 30.5. The number of benzene rings is 2. The summed E-state index contributed by atoms with van der Waals surface area (Å²) in [5.74, 6) is -0.255. The predicted octanol–water partition coefficient (Wildman–Crippen LogP) is 3.07. The van der Waals surface area contributed by atoms with Crippen molar-refractivity contribution in [2.24, 2.45) is 0 Å². The van der Waals surface area contributed by atoms with Gasteiger partial charge in [-0.25, -0.2) is 0 Å². The molecule has 1 saturated heterocycles. The maximum Gasteiger partial charge on any atom is 0.268 e. The van der Waals surface area contributed by atoms with Crippen molar-refractivity contribution in [1.82, 2.24) is 15.2 Å². The summed E-state index contributed by atoms with van der Waals surface area (Å²) in [7, 11) is 1.78. The first-order valence-corrected chi connectivity index (χ1v) is 9.94. The van der Waals surface area contributed by atoms with E-state index in [1.807, 2.05) is 36.4 Å². The van der Waals surface area contributed by atoms with E-state index in [1.165, 1.54) is 0 Å². The van der Waals surface area contributed by atoms with Crippen LogP contribution in [-0.2, 0) is 16.0 Å². The smallest absolute Gasteiger partial charge is 0.268 e. The standard InChI is InChI=1S/C22H20ClN3O3/c1-26(22(28)19-11-29-19)20-15-5-3-2-4-12(15)9-17(20)25-21(27)18-10-13-8-14(23)6-7-16(13)24-18/h2-8,10,17,19-20,24H,9,11H2,1H3,(H,25,27)/t17-,19+,20+/m1/s1. The second kappa shape index (κ2) is 6.90. The van der Waals surface area contributed by atoms with Gasteiger partial charge in [-0.05, 0) is 41.8 Å². The van der Waals surface area contributed by atoms with Crippen molar-refractivity contribution in [1.29, 1.82) is 0 Å². The van der Waals surface area contributed by atoms with Crippen molar-refractivity contribution >= 4 is 34.3 Å². The number of epoxide rings is 1. The van der Waals surface area contributed by atoms with Gasteiger partial charge in [-0.15, -0.1) is 0 Å². The van der Waals surface area contributed by atoms with Gasteiger partial charge in [-0.1, -0.05) is 35.9 Å². The number of likely N-dealkylation sites (N-methyl/N-ethyl adjacent to an activating group) is 1. The van der Waals surface area contributed by atoms with Gasteiger partial charge in [0.15, 0.2) is 6.10 Å². The molecule has 2 aromatic carbocycles. The first-order chi connectivity index (χ1) is 14.0. The van der Waals surface area contributed by atoms with Crippen LogP contribution in [0.2, 0.25) is 5.02 Å². The Morgan fingerprint density at radius 1 is 1.21 bits per heavy atom. The number of ether oxygens (including phenoxy) is 1. The Morgan fingerprint density at radius 2 is 2.00 bits per heavy atom. The second-order valence-corrected chi connectivity index (χ2v) is 8.05. The Balaban J connectivity index is 1.42. The zero-order valence-electron chi connectivity index (χ0n) is 15.8. The molecule has 6 nitrogen and oxygen atoms in total. The van der Waals surface area contributed by atoms with Crippen LogP contribution in [0.3, 0.4) is 0 Å². The van der Waals surface area contributed by atoms with Crippen molar-refractivity contribution in [3.05, 3.63) is 70.4 Å². The third-order valence-electron chi connectivity index (χ3n) is 5.71. The lowest BCUT2D eigenvalue weighted by atomic mass is 10.0. The minimum absolute atomic E-state index is 0.0498. The summed E-state index contributed by atoms with van der Waals surface area (Å²) in [6, 6.07) is 14.8. The molecule has 1 fully saturated rings. The number of aromatic amines is 1. The van der Waals surface area contributed by atoms with Crippen molar-refractivity contribution in [2.75, 3.05) is 13.7 Å². The molecule has 2 aliphatic rings. The van der Waals surface area contributed by atoms with Crippen LogP contribution in [0.1, 0.15) is 27.7 Å². The number of rotatable bonds is 4. The number of carbonyl (C=O) groups is 2. The molecule has 7 heteroatoms. The van der Waals surface area contributed by atoms with Gasteiger partial charge in [0.1, 0.15) is 5.69 Å². The fraction of sp³-hybridized carbons (Fsp3) is 0.273. The van der Waals surface area contributed by atoms with Crippen LogP contribution in [-0.4, -0.2) is 47.5 Å². The van der Waals surface area contributed by atoms with Gasteiger partial charge in [-0.3, -0.25) is 9.59 Å². The largest absolute Gasteiger partial charge is 0.363 e. The Morgan fingerprint density at radius 3 is 2.79 bits per heavy atom. The fourth-order valence-corrected chi connectivity index (χ4v) is 4.39. The predicted molar refractivity (Wildman–Crippen MR) is 110 cm³/mol. The average molecular weight is 410 g/mol. The van der Waals surface area contributed by atoms with Crippen LogP contribution < -0.4 is 5.32 Å². The molecule has 1 aliphatic carbocycles. The lowest BCUT2D eigenvalue weighted by Crippen LogP contribution is -2.46. The number of hydrogen-bond acceptors (Lipinski definition) is 3. The van der Waals surface area contributed by atoms with Gasteiger partial charge in [0.05, 0.1) is 18.7 Å². The van der Waals surface area contributed by atoms with Crippen LogP contribution in [0.25, 0.3) is 10.9 Å². The lowest BCUT2D eigenvalue weighted by Gasteiger charge is -2.30. The molecule has 0 radical (unpaired) electrons. The molecule has 148 valence electrons. The molecule has 0 unspecified atom stereocenters. The Labute approximate surface area is 172 Å². The second-order valence-electron chi connectivity index (χ2n) is 7.61. The van der Waals surface area contributed by atoms with Gasteiger partial charge in [0.2, 0.25) is 0 Å². The minimum Gasteiger partial charge on any atom is -0.363 e. The summed E-state index contributed by atoms with van der Waals surface area (Å²) in [5.41, 5.74) is 3.53. The molecule has 3 aromatic rings. The van der Waals surface area contributed by atoms with Crippen LogP contribution in [0.15, 0.2) is 48.5 Å². The molecule has 3 atom stereocenters. The number of aromatic nitrogens is 1. The quantitative estimate of drug-likeness (QED) is 0.650. The summed E-state index contributed by atoms with van der Waals surface area (Å²) in [6.45, 7) is 0.464. The Bertz CT molecular complexity index is 1120. The number of hydrogen-bond donors (Lipinski definition) is 2. The van der Waals surface area contributed by atoms with E-state index in [9.17, 15) is 9.59 Å². The Hall–Kier alpha value is -2.83. The first-order valence-electron chi connectivity index (χ1n) is 9.56. The third-order valence-corrected chi connectivity index (χ3v) is 5.95. The highest BCUT2D eigenvalue weighted by molar-refractivity contribution is 6.31. The molecular formula is C22H20ClN3O3. The molecule has 29 heavy (non-hydrogen) atoms. The Kier molecular flexibility index (Phi) is 4.33. The van der Waals surface area contributed by atoms with Crippen LogP contribution in [0, 0.1) is 0 Å². The van der Waals surface area contributed by atoms with E-state index >= 15 is 0 Å². The molecule has 5 rings (SSSR count). The molecule has 2 heterocycles. The summed E-state index contributed by atoms with van der Waals surface area (Å²) < 4.78 is 5.17. The van der Waals surface area contributed by atoms with Crippen molar-refractivity contribution in [2.45, 2.75) is 24.6 Å². The van der Waals surface area contributed by atoms with E-state index in [2.05, 4.69) is 10.3 Å². The van der Waals surface area contributed by atoms with Crippen LogP contribution in [0.4, 0.5) is 0 Å². The van der Waals surface area contributed by atoms with Gasteiger partial charge in [0, 0.05) is 23.0 Å².